The minimum Gasteiger partial charge on any atom is -0.393 e. The molecule has 26 heavy (non-hydrogen) atoms. The minimum atomic E-state index is -0.176. The second kappa shape index (κ2) is 10.4. The molecular formula is C19H29ClN4O2. The van der Waals surface area contributed by atoms with Gasteiger partial charge in [-0.25, -0.2) is 0 Å². The van der Waals surface area contributed by atoms with Gasteiger partial charge in [0, 0.05) is 19.0 Å². The SMILES string of the molecule is CCNC(=NCCC(=O)Nc1ccc(C)cc1Cl)NC1CCC(O)CC1. The maximum absolute atomic E-state index is 12.1. The monoisotopic (exact) mass is 380 g/mol. The maximum atomic E-state index is 12.1. The van der Waals surface area contributed by atoms with Gasteiger partial charge in [-0.15, -0.1) is 0 Å². The van der Waals surface area contributed by atoms with Crippen molar-refractivity contribution in [1.29, 1.82) is 0 Å². The molecule has 2 rings (SSSR count). The molecule has 7 heteroatoms. The van der Waals surface area contributed by atoms with Crippen LogP contribution in [0, 0.1) is 6.92 Å². The summed E-state index contributed by atoms with van der Waals surface area (Å²) in [4.78, 5) is 16.6. The van der Waals surface area contributed by atoms with E-state index in [1.54, 1.807) is 0 Å². The summed E-state index contributed by atoms with van der Waals surface area (Å²) in [6.45, 7) is 5.11. The Bertz CT molecular complexity index is 628. The minimum absolute atomic E-state index is 0.115. The summed E-state index contributed by atoms with van der Waals surface area (Å²) in [5.41, 5.74) is 1.67. The summed E-state index contributed by atoms with van der Waals surface area (Å²) in [7, 11) is 0. The van der Waals surface area contributed by atoms with Crippen LogP contribution >= 0.6 is 11.6 Å². The van der Waals surface area contributed by atoms with Crippen molar-refractivity contribution in [3.8, 4) is 0 Å². The van der Waals surface area contributed by atoms with Crippen molar-refractivity contribution in [2.75, 3.05) is 18.4 Å². The zero-order valence-electron chi connectivity index (χ0n) is 15.5. The molecule has 0 heterocycles. The van der Waals surface area contributed by atoms with Gasteiger partial charge in [0.1, 0.15) is 0 Å². The number of amides is 1. The third kappa shape index (κ3) is 6.84. The number of guanidine groups is 1. The number of aliphatic hydroxyl groups excluding tert-OH is 1. The molecule has 0 unspecified atom stereocenters. The first-order chi connectivity index (χ1) is 12.5. The number of halogens is 1. The predicted octanol–water partition coefficient (Wildman–Crippen LogP) is 2.84. The van der Waals surface area contributed by atoms with Crippen LogP contribution < -0.4 is 16.0 Å². The molecule has 0 spiro atoms. The van der Waals surface area contributed by atoms with Crippen molar-refractivity contribution in [3.05, 3.63) is 28.8 Å². The third-order valence-corrected chi connectivity index (χ3v) is 4.70. The van der Waals surface area contributed by atoms with Gasteiger partial charge in [-0.3, -0.25) is 9.79 Å². The molecule has 0 saturated heterocycles. The number of hydrogen-bond acceptors (Lipinski definition) is 3. The Morgan fingerprint density at radius 2 is 2.04 bits per heavy atom. The second-order valence-electron chi connectivity index (χ2n) is 6.69. The zero-order valence-corrected chi connectivity index (χ0v) is 16.3. The van der Waals surface area contributed by atoms with Crippen molar-refractivity contribution in [2.45, 2.75) is 58.1 Å². The van der Waals surface area contributed by atoms with Crippen LogP contribution in [0.25, 0.3) is 0 Å². The summed E-state index contributed by atoms with van der Waals surface area (Å²) in [6.07, 6.45) is 3.60. The number of carbonyl (C=O) groups is 1. The van der Waals surface area contributed by atoms with E-state index in [0.717, 1.165) is 43.8 Å². The quantitative estimate of drug-likeness (QED) is 0.451. The van der Waals surface area contributed by atoms with Crippen molar-refractivity contribution in [1.82, 2.24) is 10.6 Å². The molecule has 0 atom stereocenters. The summed E-state index contributed by atoms with van der Waals surface area (Å²) in [6, 6.07) is 5.86. The molecule has 1 fully saturated rings. The lowest BCUT2D eigenvalue weighted by Gasteiger charge is -2.27. The standard InChI is InChI=1S/C19H29ClN4O2/c1-3-21-19(23-14-5-7-15(25)8-6-14)22-11-10-18(26)24-17-9-4-13(2)12-16(17)20/h4,9,12,14-15,25H,3,5-8,10-11H2,1-2H3,(H,24,26)(H2,21,22,23). The number of hydrogen-bond donors (Lipinski definition) is 4. The highest BCUT2D eigenvalue weighted by Gasteiger charge is 2.19. The average Bonchev–Trinajstić information content (AvgIpc) is 2.59. The van der Waals surface area contributed by atoms with Crippen LogP contribution in [0.15, 0.2) is 23.2 Å². The maximum Gasteiger partial charge on any atom is 0.226 e. The van der Waals surface area contributed by atoms with E-state index < -0.39 is 0 Å². The summed E-state index contributed by atoms with van der Waals surface area (Å²) in [5.74, 6) is 0.603. The van der Waals surface area contributed by atoms with Gasteiger partial charge < -0.3 is 21.1 Å². The lowest BCUT2D eigenvalue weighted by atomic mass is 9.93. The lowest BCUT2D eigenvalue weighted by Crippen LogP contribution is -2.45. The summed E-state index contributed by atoms with van der Waals surface area (Å²) in [5, 5.41) is 19.5. The van der Waals surface area contributed by atoms with Gasteiger partial charge >= 0.3 is 0 Å². The summed E-state index contributed by atoms with van der Waals surface area (Å²) >= 11 is 6.14. The number of aliphatic imine (C=N–C) groups is 1. The van der Waals surface area contributed by atoms with Crippen LogP contribution in [0.3, 0.4) is 0 Å². The Morgan fingerprint density at radius 3 is 2.69 bits per heavy atom. The predicted molar refractivity (Wildman–Crippen MR) is 107 cm³/mol. The first kappa shape index (κ1) is 20.5. The molecule has 4 N–H and O–H groups in total. The Labute approximate surface area is 160 Å². The molecule has 0 radical (unpaired) electrons. The largest absolute Gasteiger partial charge is 0.393 e. The molecule has 0 bridgehead atoms. The van der Waals surface area contributed by atoms with E-state index in [2.05, 4.69) is 20.9 Å². The van der Waals surface area contributed by atoms with Gasteiger partial charge in [0.2, 0.25) is 5.91 Å². The number of nitrogens with one attached hydrogen (secondary N) is 3. The van der Waals surface area contributed by atoms with Crippen LogP contribution in [-0.2, 0) is 4.79 Å². The molecule has 1 aromatic carbocycles. The summed E-state index contributed by atoms with van der Waals surface area (Å²) < 4.78 is 0. The van der Waals surface area contributed by atoms with E-state index in [9.17, 15) is 9.90 Å². The van der Waals surface area contributed by atoms with Gasteiger partial charge in [-0.1, -0.05) is 17.7 Å². The molecule has 1 aromatic rings. The molecule has 1 amide bonds. The van der Waals surface area contributed by atoms with Gasteiger partial charge in [-0.05, 0) is 57.2 Å². The van der Waals surface area contributed by atoms with Crippen molar-refractivity contribution in [3.63, 3.8) is 0 Å². The average molecular weight is 381 g/mol. The highest BCUT2D eigenvalue weighted by Crippen LogP contribution is 2.22. The third-order valence-electron chi connectivity index (χ3n) is 4.39. The van der Waals surface area contributed by atoms with Gasteiger partial charge in [-0.2, -0.15) is 0 Å². The second-order valence-corrected chi connectivity index (χ2v) is 7.10. The topological polar surface area (TPSA) is 85.8 Å². The number of anilines is 1. The van der Waals surface area contributed by atoms with Crippen LogP contribution in [0.2, 0.25) is 5.02 Å². The van der Waals surface area contributed by atoms with Crippen LogP contribution in [-0.4, -0.2) is 42.2 Å². The number of nitrogens with zero attached hydrogens (tertiary/aromatic N) is 1. The molecular weight excluding hydrogens is 352 g/mol. The fourth-order valence-corrected chi connectivity index (χ4v) is 3.22. The molecule has 0 aromatic heterocycles. The highest BCUT2D eigenvalue weighted by molar-refractivity contribution is 6.33. The van der Waals surface area contributed by atoms with E-state index in [1.807, 2.05) is 32.0 Å². The highest BCUT2D eigenvalue weighted by atomic mass is 35.5. The van der Waals surface area contributed by atoms with E-state index in [-0.39, 0.29) is 18.4 Å². The van der Waals surface area contributed by atoms with E-state index >= 15 is 0 Å². The number of benzene rings is 1. The molecule has 6 nitrogen and oxygen atoms in total. The van der Waals surface area contributed by atoms with Crippen molar-refractivity contribution in [2.24, 2.45) is 4.99 Å². The smallest absolute Gasteiger partial charge is 0.226 e. The Balaban J connectivity index is 1.81. The fraction of sp³-hybridized carbons (Fsp3) is 0.579. The fourth-order valence-electron chi connectivity index (χ4n) is 2.94. The van der Waals surface area contributed by atoms with Crippen molar-refractivity contribution < 1.29 is 9.90 Å². The zero-order chi connectivity index (χ0) is 18.9. The van der Waals surface area contributed by atoms with Crippen molar-refractivity contribution >= 4 is 29.2 Å². The van der Waals surface area contributed by atoms with Gasteiger partial charge in [0.25, 0.3) is 0 Å². The molecule has 1 aliphatic carbocycles. The van der Waals surface area contributed by atoms with Gasteiger partial charge in [0.05, 0.1) is 23.4 Å². The first-order valence-corrected chi connectivity index (χ1v) is 9.64. The normalized spacial score (nSPS) is 20.5. The number of aryl methyl sites for hydroxylation is 1. The number of aliphatic hydroxyl groups is 1. The van der Waals surface area contributed by atoms with Gasteiger partial charge in [0.15, 0.2) is 5.96 Å². The van der Waals surface area contributed by atoms with E-state index in [4.69, 9.17) is 11.6 Å². The Morgan fingerprint density at radius 1 is 1.31 bits per heavy atom. The van der Waals surface area contributed by atoms with Crippen LogP contribution in [0.4, 0.5) is 5.69 Å². The van der Waals surface area contributed by atoms with E-state index in [1.165, 1.54) is 0 Å². The van der Waals surface area contributed by atoms with Crippen LogP contribution in [0.5, 0.6) is 0 Å². The first-order valence-electron chi connectivity index (χ1n) is 9.27. The lowest BCUT2D eigenvalue weighted by molar-refractivity contribution is -0.116. The molecule has 1 saturated carbocycles. The number of rotatable bonds is 6. The Hall–Kier alpha value is -1.79. The van der Waals surface area contributed by atoms with E-state index in [0.29, 0.717) is 23.3 Å². The Kier molecular flexibility index (Phi) is 8.19. The van der Waals surface area contributed by atoms with Crippen LogP contribution in [0.1, 0.15) is 44.6 Å². The molecule has 144 valence electrons. The number of carbonyl (C=O) groups excluding carboxylic acids is 1. The molecule has 1 aliphatic rings. The molecule has 0 aliphatic heterocycles.